The molecule has 0 radical (unpaired) electrons. The Morgan fingerprint density at radius 1 is 1.50 bits per heavy atom. The normalized spacial score (nSPS) is 10.9. The van der Waals surface area contributed by atoms with E-state index in [9.17, 15) is 0 Å². The molecule has 2 aromatic rings. The molecule has 62 valence electrons. The molecule has 0 amide bonds. The van der Waals surface area contributed by atoms with Crippen molar-refractivity contribution in [3.05, 3.63) is 17.2 Å². The first-order valence-corrected chi connectivity index (χ1v) is 4.21. The number of aromatic amines is 1. The molecule has 0 unspecified atom stereocenters. The lowest BCUT2D eigenvalue weighted by Crippen LogP contribution is -1.88. The van der Waals surface area contributed by atoms with Crippen molar-refractivity contribution in [1.29, 1.82) is 0 Å². The average Bonchev–Trinajstić information content (AvgIpc) is 2.31. The first kappa shape index (κ1) is 7.89. The lowest BCUT2D eigenvalue weighted by molar-refractivity contribution is 1.08. The molecule has 2 rings (SSSR count). The summed E-state index contributed by atoms with van der Waals surface area (Å²) in [7, 11) is 0. The van der Waals surface area contributed by atoms with Gasteiger partial charge >= 0.3 is 0 Å². The van der Waals surface area contributed by atoms with E-state index >= 15 is 0 Å². The molecule has 0 aromatic carbocycles. The van der Waals surface area contributed by atoms with Gasteiger partial charge in [0.2, 0.25) is 0 Å². The highest BCUT2D eigenvalue weighted by Gasteiger charge is 2.07. The number of rotatable bonds is 0. The molecule has 0 aliphatic rings. The van der Waals surface area contributed by atoms with E-state index in [1.165, 1.54) is 0 Å². The highest BCUT2D eigenvalue weighted by atomic mass is 35.5. The number of H-pyrrole nitrogens is 1. The molecule has 0 saturated carbocycles. The molecule has 12 heavy (non-hydrogen) atoms. The van der Waals surface area contributed by atoms with Crippen LogP contribution in [0.3, 0.4) is 0 Å². The SMILES string of the molecule is Cc1nc(Cl)c2c(S)c[nH]c2n1. The number of aromatic nitrogens is 3. The fraction of sp³-hybridized carbons (Fsp3) is 0.143. The molecule has 0 saturated heterocycles. The maximum Gasteiger partial charge on any atom is 0.143 e. The number of hydrogen-bond acceptors (Lipinski definition) is 3. The minimum atomic E-state index is 0.448. The third-order valence-corrected chi connectivity index (χ3v) is 2.20. The van der Waals surface area contributed by atoms with Crippen LogP contribution in [0.15, 0.2) is 11.1 Å². The van der Waals surface area contributed by atoms with Crippen LogP contribution in [0.25, 0.3) is 11.0 Å². The zero-order chi connectivity index (χ0) is 8.72. The summed E-state index contributed by atoms with van der Waals surface area (Å²) >= 11 is 10.1. The Morgan fingerprint density at radius 2 is 2.25 bits per heavy atom. The minimum Gasteiger partial charge on any atom is -0.345 e. The van der Waals surface area contributed by atoms with Crippen LogP contribution >= 0.6 is 24.2 Å². The van der Waals surface area contributed by atoms with Gasteiger partial charge in [0.05, 0.1) is 5.39 Å². The lowest BCUT2D eigenvalue weighted by Gasteiger charge is -1.95. The highest BCUT2D eigenvalue weighted by Crippen LogP contribution is 2.25. The molecule has 3 nitrogen and oxygen atoms in total. The van der Waals surface area contributed by atoms with Crippen LogP contribution < -0.4 is 0 Å². The molecule has 0 atom stereocenters. The van der Waals surface area contributed by atoms with Gasteiger partial charge in [0.15, 0.2) is 0 Å². The summed E-state index contributed by atoms with van der Waals surface area (Å²) in [6.45, 7) is 1.80. The zero-order valence-corrected chi connectivity index (χ0v) is 7.95. The quantitative estimate of drug-likeness (QED) is 0.505. The van der Waals surface area contributed by atoms with E-state index in [-0.39, 0.29) is 0 Å². The van der Waals surface area contributed by atoms with Gasteiger partial charge in [0.1, 0.15) is 16.6 Å². The third-order valence-electron chi connectivity index (χ3n) is 1.58. The summed E-state index contributed by atoms with van der Waals surface area (Å²) in [5.41, 5.74) is 0.734. The Labute approximate surface area is 79.6 Å². The van der Waals surface area contributed by atoms with Gasteiger partial charge in [0.25, 0.3) is 0 Å². The van der Waals surface area contributed by atoms with E-state index in [4.69, 9.17) is 11.6 Å². The van der Waals surface area contributed by atoms with E-state index < -0.39 is 0 Å². The number of nitrogens with one attached hydrogen (secondary N) is 1. The van der Waals surface area contributed by atoms with E-state index in [1.807, 2.05) is 0 Å². The van der Waals surface area contributed by atoms with Crippen molar-refractivity contribution in [3.63, 3.8) is 0 Å². The van der Waals surface area contributed by atoms with Crippen LogP contribution in [0.4, 0.5) is 0 Å². The van der Waals surface area contributed by atoms with E-state index in [0.29, 0.717) is 11.0 Å². The Balaban J connectivity index is 2.93. The van der Waals surface area contributed by atoms with Gasteiger partial charge in [0, 0.05) is 11.1 Å². The molecule has 0 bridgehead atoms. The van der Waals surface area contributed by atoms with Crippen LogP contribution in [0.1, 0.15) is 5.82 Å². The zero-order valence-electron chi connectivity index (χ0n) is 6.30. The van der Waals surface area contributed by atoms with Crippen LogP contribution in [-0.2, 0) is 0 Å². The first-order valence-electron chi connectivity index (χ1n) is 3.38. The van der Waals surface area contributed by atoms with Crippen molar-refractivity contribution in [2.24, 2.45) is 0 Å². The molecule has 0 fully saturated rings. The molecule has 5 heteroatoms. The Morgan fingerprint density at radius 3 is 3.00 bits per heavy atom. The summed E-state index contributed by atoms with van der Waals surface area (Å²) in [5.74, 6) is 0.655. The molecule has 2 heterocycles. The number of hydrogen-bond donors (Lipinski definition) is 2. The molecular weight excluding hydrogens is 194 g/mol. The summed E-state index contributed by atoms with van der Waals surface area (Å²) in [5, 5.41) is 1.23. The van der Waals surface area contributed by atoms with Gasteiger partial charge in [-0.2, -0.15) is 0 Å². The van der Waals surface area contributed by atoms with Crippen molar-refractivity contribution in [1.82, 2.24) is 15.0 Å². The smallest absolute Gasteiger partial charge is 0.143 e. The van der Waals surface area contributed by atoms with Gasteiger partial charge < -0.3 is 4.98 Å². The fourth-order valence-corrected chi connectivity index (χ4v) is 1.73. The van der Waals surface area contributed by atoms with Crippen molar-refractivity contribution in [3.8, 4) is 0 Å². The monoisotopic (exact) mass is 199 g/mol. The minimum absolute atomic E-state index is 0.448. The topological polar surface area (TPSA) is 41.6 Å². The molecular formula is C7H6ClN3S. The lowest BCUT2D eigenvalue weighted by atomic mass is 10.4. The third kappa shape index (κ3) is 1.07. The van der Waals surface area contributed by atoms with Crippen LogP contribution in [0.5, 0.6) is 0 Å². The maximum atomic E-state index is 5.89. The summed E-state index contributed by atoms with van der Waals surface area (Å²) < 4.78 is 0. The van der Waals surface area contributed by atoms with Gasteiger partial charge in [-0.25, -0.2) is 9.97 Å². The number of aryl methyl sites for hydroxylation is 1. The van der Waals surface area contributed by atoms with E-state index in [1.54, 1.807) is 13.1 Å². The number of fused-ring (bicyclic) bond motifs is 1. The maximum absolute atomic E-state index is 5.89. The van der Waals surface area contributed by atoms with E-state index in [2.05, 4.69) is 27.6 Å². The summed E-state index contributed by atoms with van der Waals surface area (Å²) in [6.07, 6.45) is 1.74. The van der Waals surface area contributed by atoms with Crippen LogP contribution in [0, 0.1) is 6.92 Å². The average molecular weight is 200 g/mol. The van der Waals surface area contributed by atoms with Gasteiger partial charge in [-0.1, -0.05) is 11.6 Å². The molecule has 1 N–H and O–H groups in total. The standard InChI is InChI=1S/C7H6ClN3S/c1-3-10-6(8)5-4(12)2-9-7(5)11-3/h2,12H,1H3,(H,9,10,11). The summed E-state index contributed by atoms with van der Waals surface area (Å²) in [6, 6.07) is 0. The fourth-order valence-electron chi connectivity index (χ4n) is 1.08. The van der Waals surface area contributed by atoms with Gasteiger partial charge in [-0.3, -0.25) is 0 Å². The Bertz CT molecular complexity index is 437. The van der Waals surface area contributed by atoms with E-state index in [0.717, 1.165) is 15.9 Å². The Kier molecular flexibility index (Phi) is 1.73. The first-order chi connectivity index (χ1) is 5.68. The predicted molar refractivity (Wildman–Crippen MR) is 50.9 cm³/mol. The largest absolute Gasteiger partial charge is 0.345 e. The Hall–Kier alpha value is -0.740. The van der Waals surface area contributed by atoms with Crippen LogP contribution in [-0.4, -0.2) is 15.0 Å². The second kappa shape index (κ2) is 2.64. The van der Waals surface area contributed by atoms with Crippen molar-refractivity contribution in [2.75, 3.05) is 0 Å². The number of halogens is 1. The molecule has 2 aromatic heterocycles. The predicted octanol–water partition coefficient (Wildman–Crippen LogP) is 2.21. The molecule has 0 spiro atoms. The van der Waals surface area contributed by atoms with Gasteiger partial charge in [-0.15, -0.1) is 12.6 Å². The highest BCUT2D eigenvalue weighted by molar-refractivity contribution is 7.80. The van der Waals surface area contributed by atoms with Crippen molar-refractivity contribution < 1.29 is 0 Å². The summed E-state index contributed by atoms with van der Waals surface area (Å²) in [4.78, 5) is 11.9. The molecule has 0 aliphatic carbocycles. The van der Waals surface area contributed by atoms with Crippen molar-refractivity contribution >= 4 is 35.3 Å². The van der Waals surface area contributed by atoms with Crippen LogP contribution in [0.2, 0.25) is 5.15 Å². The van der Waals surface area contributed by atoms with Gasteiger partial charge in [-0.05, 0) is 6.92 Å². The number of nitrogens with zero attached hydrogens (tertiary/aromatic N) is 2. The van der Waals surface area contributed by atoms with Crippen molar-refractivity contribution in [2.45, 2.75) is 11.8 Å². The molecule has 0 aliphatic heterocycles. The second-order valence-electron chi connectivity index (χ2n) is 2.46. The number of thiol groups is 1. The second-order valence-corrected chi connectivity index (χ2v) is 3.30.